The zero-order chi connectivity index (χ0) is 9.42. The van der Waals surface area contributed by atoms with Crippen molar-refractivity contribution in [2.24, 2.45) is 0 Å². The zero-order valence-corrected chi connectivity index (χ0v) is 8.23. The second kappa shape index (κ2) is 3.10. The van der Waals surface area contributed by atoms with Crippen LogP contribution in [0.3, 0.4) is 0 Å². The average molecular weight is 245 g/mol. The molecule has 0 bridgehead atoms. The zero-order valence-electron chi connectivity index (χ0n) is 6.64. The SMILES string of the molecule is O=C1CCc2c(F)cc(Br)cc2O1. The van der Waals surface area contributed by atoms with Gasteiger partial charge in [0.05, 0.1) is 6.42 Å². The maximum absolute atomic E-state index is 13.2. The third kappa shape index (κ3) is 1.58. The highest BCUT2D eigenvalue weighted by Crippen LogP contribution is 2.30. The van der Waals surface area contributed by atoms with E-state index in [-0.39, 0.29) is 18.2 Å². The van der Waals surface area contributed by atoms with E-state index >= 15 is 0 Å². The summed E-state index contributed by atoms with van der Waals surface area (Å²) in [6, 6.07) is 2.98. The number of carbonyl (C=O) groups excluding carboxylic acids is 1. The number of benzene rings is 1. The molecule has 0 N–H and O–H groups in total. The van der Waals surface area contributed by atoms with E-state index in [1.807, 2.05) is 0 Å². The molecule has 68 valence electrons. The van der Waals surface area contributed by atoms with Crippen LogP contribution in [0.1, 0.15) is 12.0 Å². The van der Waals surface area contributed by atoms with Crippen LogP contribution in [0, 0.1) is 5.82 Å². The first-order valence-electron chi connectivity index (χ1n) is 3.85. The smallest absolute Gasteiger partial charge is 0.311 e. The van der Waals surface area contributed by atoms with Crippen LogP contribution in [0.5, 0.6) is 5.75 Å². The summed E-state index contributed by atoms with van der Waals surface area (Å²) in [5.74, 6) is -0.287. The van der Waals surface area contributed by atoms with Crippen LogP contribution in [0.4, 0.5) is 4.39 Å². The third-order valence-corrected chi connectivity index (χ3v) is 2.38. The van der Waals surface area contributed by atoms with Crippen LogP contribution < -0.4 is 4.74 Å². The number of ether oxygens (including phenoxy) is 1. The summed E-state index contributed by atoms with van der Waals surface area (Å²) in [7, 11) is 0. The molecule has 0 fully saturated rings. The molecule has 1 aromatic rings. The fraction of sp³-hybridized carbons (Fsp3) is 0.222. The number of halogens is 2. The monoisotopic (exact) mass is 244 g/mol. The van der Waals surface area contributed by atoms with E-state index in [9.17, 15) is 9.18 Å². The Bertz CT molecular complexity index is 376. The quantitative estimate of drug-likeness (QED) is 0.518. The van der Waals surface area contributed by atoms with Crippen LogP contribution in [-0.4, -0.2) is 5.97 Å². The van der Waals surface area contributed by atoms with E-state index in [2.05, 4.69) is 15.9 Å². The Morgan fingerprint density at radius 1 is 1.38 bits per heavy atom. The molecule has 4 heteroatoms. The minimum absolute atomic E-state index is 0.256. The largest absolute Gasteiger partial charge is 0.426 e. The van der Waals surface area contributed by atoms with Gasteiger partial charge in [0.25, 0.3) is 0 Å². The molecule has 0 atom stereocenters. The lowest BCUT2D eigenvalue weighted by Crippen LogP contribution is -2.16. The maximum atomic E-state index is 13.2. The van der Waals surface area contributed by atoms with Crippen LogP contribution in [0.15, 0.2) is 16.6 Å². The van der Waals surface area contributed by atoms with Gasteiger partial charge < -0.3 is 4.74 Å². The van der Waals surface area contributed by atoms with Crippen molar-refractivity contribution in [3.05, 3.63) is 28.0 Å². The molecular formula is C9H6BrFO2. The average Bonchev–Trinajstić information content (AvgIpc) is 2.02. The van der Waals surface area contributed by atoms with Gasteiger partial charge in [-0.15, -0.1) is 0 Å². The molecule has 1 aromatic carbocycles. The number of esters is 1. The van der Waals surface area contributed by atoms with Crippen LogP contribution in [0.25, 0.3) is 0 Å². The van der Waals surface area contributed by atoms with Gasteiger partial charge >= 0.3 is 5.97 Å². The van der Waals surface area contributed by atoms with Gasteiger partial charge in [0.1, 0.15) is 11.6 Å². The Morgan fingerprint density at radius 2 is 2.15 bits per heavy atom. The summed E-state index contributed by atoms with van der Waals surface area (Å²) < 4.78 is 18.7. The lowest BCUT2D eigenvalue weighted by atomic mass is 10.1. The lowest BCUT2D eigenvalue weighted by Gasteiger charge is -2.15. The molecule has 2 nitrogen and oxygen atoms in total. The number of rotatable bonds is 0. The topological polar surface area (TPSA) is 26.3 Å². The molecule has 0 radical (unpaired) electrons. The minimum Gasteiger partial charge on any atom is -0.426 e. The van der Waals surface area contributed by atoms with Gasteiger partial charge in [0, 0.05) is 10.0 Å². The van der Waals surface area contributed by atoms with Gasteiger partial charge in [-0.05, 0) is 18.6 Å². The predicted octanol–water partition coefficient (Wildman–Crippen LogP) is 2.44. The first kappa shape index (κ1) is 8.69. The molecule has 2 rings (SSSR count). The number of carbonyl (C=O) groups is 1. The summed E-state index contributed by atoms with van der Waals surface area (Å²) in [5, 5.41) is 0. The summed E-state index contributed by atoms with van der Waals surface area (Å²) >= 11 is 3.13. The number of hydrogen-bond acceptors (Lipinski definition) is 2. The first-order valence-corrected chi connectivity index (χ1v) is 4.65. The molecule has 1 aliphatic rings. The predicted molar refractivity (Wildman–Crippen MR) is 48.1 cm³/mol. The Labute approximate surface area is 82.8 Å². The van der Waals surface area contributed by atoms with Crippen LogP contribution in [0.2, 0.25) is 0 Å². The second-order valence-electron chi connectivity index (χ2n) is 2.84. The van der Waals surface area contributed by atoms with Gasteiger partial charge in [0.15, 0.2) is 0 Å². The Hall–Kier alpha value is -0.900. The highest BCUT2D eigenvalue weighted by atomic mass is 79.9. The summed E-state index contributed by atoms with van der Waals surface area (Å²) in [6.07, 6.45) is 0.679. The molecular weight excluding hydrogens is 239 g/mol. The molecule has 0 saturated heterocycles. The van der Waals surface area contributed by atoms with Crippen molar-refractivity contribution >= 4 is 21.9 Å². The van der Waals surface area contributed by atoms with Crippen molar-refractivity contribution in [2.75, 3.05) is 0 Å². The molecule has 1 aliphatic heterocycles. The van der Waals surface area contributed by atoms with E-state index in [4.69, 9.17) is 4.74 Å². The maximum Gasteiger partial charge on any atom is 0.311 e. The third-order valence-electron chi connectivity index (χ3n) is 1.92. The van der Waals surface area contributed by atoms with E-state index in [1.54, 1.807) is 6.07 Å². The molecule has 0 amide bonds. The van der Waals surface area contributed by atoms with Crippen molar-refractivity contribution in [1.82, 2.24) is 0 Å². The standard InChI is InChI=1S/C9H6BrFO2/c10-5-3-7(11)6-1-2-9(12)13-8(6)4-5/h3-4H,1-2H2. The Kier molecular flexibility index (Phi) is 2.07. The first-order chi connectivity index (χ1) is 6.16. The summed E-state index contributed by atoms with van der Waals surface area (Å²) in [5.41, 5.74) is 0.489. The lowest BCUT2D eigenvalue weighted by molar-refractivity contribution is -0.135. The van der Waals surface area contributed by atoms with Crippen LogP contribution in [-0.2, 0) is 11.2 Å². The van der Waals surface area contributed by atoms with Gasteiger partial charge in [-0.2, -0.15) is 0 Å². The van der Waals surface area contributed by atoms with Gasteiger partial charge in [-0.25, -0.2) is 4.39 Å². The minimum atomic E-state index is -0.322. The van der Waals surface area contributed by atoms with Crippen molar-refractivity contribution in [1.29, 1.82) is 0 Å². The molecule has 0 unspecified atom stereocenters. The molecule has 0 saturated carbocycles. The van der Waals surface area contributed by atoms with Crippen LogP contribution >= 0.6 is 15.9 Å². The Morgan fingerprint density at radius 3 is 2.92 bits per heavy atom. The summed E-state index contributed by atoms with van der Waals surface area (Å²) in [4.78, 5) is 10.9. The van der Waals surface area contributed by atoms with Crippen molar-refractivity contribution in [3.63, 3.8) is 0 Å². The van der Waals surface area contributed by atoms with Gasteiger partial charge in [-0.3, -0.25) is 4.79 Å². The number of fused-ring (bicyclic) bond motifs is 1. The van der Waals surface area contributed by atoms with E-state index < -0.39 is 0 Å². The summed E-state index contributed by atoms with van der Waals surface area (Å²) in [6.45, 7) is 0. The van der Waals surface area contributed by atoms with Crippen molar-refractivity contribution in [2.45, 2.75) is 12.8 Å². The van der Waals surface area contributed by atoms with Gasteiger partial charge in [0.2, 0.25) is 0 Å². The fourth-order valence-corrected chi connectivity index (χ4v) is 1.72. The van der Waals surface area contributed by atoms with Crippen molar-refractivity contribution in [3.8, 4) is 5.75 Å². The Balaban J connectivity index is 2.53. The highest BCUT2D eigenvalue weighted by Gasteiger charge is 2.20. The van der Waals surface area contributed by atoms with Crippen molar-refractivity contribution < 1.29 is 13.9 Å². The molecule has 13 heavy (non-hydrogen) atoms. The highest BCUT2D eigenvalue weighted by molar-refractivity contribution is 9.10. The van der Waals surface area contributed by atoms with Gasteiger partial charge in [-0.1, -0.05) is 15.9 Å². The van der Waals surface area contributed by atoms with E-state index in [1.165, 1.54) is 6.07 Å². The number of hydrogen-bond donors (Lipinski definition) is 0. The fourth-order valence-electron chi connectivity index (χ4n) is 1.31. The van der Waals surface area contributed by atoms with E-state index in [0.717, 1.165) is 0 Å². The second-order valence-corrected chi connectivity index (χ2v) is 3.75. The molecule has 0 aliphatic carbocycles. The van der Waals surface area contributed by atoms with E-state index in [0.29, 0.717) is 22.2 Å². The molecule has 0 aromatic heterocycles. The normalized spacial score (nSPS) is 15.1. The molecule has 0 spiro atoms. The molecule has 1 heterocycles.